The predicted molar refractivity (Wildman–Crippen MR) is 155 cm³/mol. The first-order valence-electron chi connectivity index (χ1n) is 14.3. The molecule has 1 aliphatic heterocycles. The molecule has 2 N–H and O–H groups in total. The summed E-state index contributed by atoms with van der Waals surface area (Å²) in [5, 5.41) is 14.5. The zero-order valence-electron chi connectivity index (χ0n) is 25.0. The minimum Gasteiger partial charge on any atom is -0.383 e. The zero-order chi connectivity index (χ0) is 31.6. The summed E-state index contributed by atoms with van der Waals surface area (Å²) in [5.74, 6) is -0.479. The number of aromatic nitrogens is 5. The van der Waals surface area contributed by atoms with Gasteiger partial charge in [0, 0.05) is 44.0 Å². The molecule has 2 atom stereocenters. The van der Waals surface area contributed by atoms with E-state index in [1.54, 1.807) is 42.3 Å². The molecule has 1 saturated heterocycles. The molecule has 0 spiro atoms. The van der Waals surface area contributed by atoms with Gasteiger partial charge in [-0.1, -0.05) is 11.2 Å². The lowest BCUT2D eigenvalue weighted by molar-refractivity contribution is -0.139. The minimum atomic E-state index is -4.54. The Balaban J connectivity index is 1.36. The van der Waals surface area contributed by atoms with Crippen molar-refractivity contribution in [3.63, 3.8) is 0 Å². The van der Waals surface area contributed by atoms with Crippen LogP contribution in [0, 0.1) is 0 Å². The number of ether oxygens (including phenoxy) is 1. The third-order valence-electron chi connectivity index (χ3n) is 7.49. The highest BCUT2D eigenvalue weighted by molar-refractivity contribution is 5.96. The Morgan fingerprint density at radius 2 is 2.02 bits per heavy atom. The Labute approximate surface area is 251 Å². The normalized spacial score (nSPS) is 18.2. The number of nitrogens with zero attached hydrogens (tertiary/aromatic N) is 6. The van der Waals surface area contributed by atoms with Gasteiger partial charge in [-0.15, -0.1) is 0 Å². The summed E-state index contributed by atoms with van der Waals surface area (Å²) in [6.07, 6.45) is -2.14. The molecule has 1 fully saturated rings. The Kier molecular flexibility index (Phi) is 8.97. The van der Waals surface area contributed by atoms with Crippen LogP contribution in [-0.4, -0.2) is 87.0 Å². The number of benzene rings is 1. The largest absolute Gasteiger partial charge is 0.406 e. The summed E-state index contributed by atoms with van der Waals surface area (Å²) in [4.78, 5) is 18.9. The number of fused-ring (bicyclic) bond motifs is 1. The smallest absolute Gasteiger partial charge is 0.383 e. The van der Waals surface area contributed by atoms with Crippen molar-refractivity contribution >= 4 is 22.5 Å². The van der Waals surface area contributed by atoms with Crippen LogP contribution in [0.2, 0.25) is 0 Å². The number of amides is 1. The number of nitrogens with one attached hydrogen (secondary N) is 2. The second-order valence-corrected chi connectivity index (χ2v) is 11.9. The van der Waals surface area contributed by atoms with Crippen LogP contribution in [0.5, 0.6) is 0 Å². The van der Waals surface area contributed by atoms with E-state index in [0.717, 1.165) is 4.57 Å². The number of carbonyl (C=O) groups excluding carboxylic acids is 1. The van der Waals surface area contributed by atoms with E-state index in [1.165, 1.54) is 6.20 Å². The Morgan fingerprint density at radius 1 is 1.23 bits per heavy atom. The minimum absolute atomic E-state index is 0.0132. The van der Waals surface area contributed by atoms with Gasteiger partial charge >= 0.3 is 6.18 Å². The van der Waals surface area contributed by atoms with Crippen molar-refractivity contribution in [2.75, 3.05) is 38.7 Å². The van der Waals surface area contributed by atoms with E-state index in [2.05, 4.69) is 25.9 Å². The van der Waals surface area contributed by atoms with Crippen LogP contribution in [0.4, 0.5) is 23.2 Å². The van der Waals surface area contributed by atoms with Crippen LogP contribution < -0.4 is 10.6 Å². The molecule has 0 bridgehead atoms. The van der Waals surface area contributed by atoms with Crippen molar-refractivity contribution in [1.29, 1.82) is 0 Å². The van der Waals surface area contributed by atoms with Crippen molar-refractivity contribution in [1.82, 2.24) is 34.7 Å². The standard InChI is InChI=1S/C29H36F4N8O3/c1-28(2,3)41-15-18(13-35-41)27(42)34-14-25-37-26(38-44-25)24-12-19-21(6-5-7-23(19)40(24)17-29(31,32)33)36-22-8-9-39(10-11-43-4)16-20(22)30/h5-7,12-13,15,20,22,36H,8-11,14,16-17H2,1-4H3,(H,34,42)/t20-,22+/m0/s1. The van der Waals surface area contributed by atoms with Gasteiger partial charge in [-0.3, -0.25) is 14.4 Å². The van der Waals surface area contributed by atoms with Crippen LogP contribution in [0.15, 0.2) is 41.2 Å². The fourth-order valence-electron chi connectivity index (χ4n) is 5.19. The number of rotatable bonds is 10. The van der Waals surface area contributed by atoms with Gasteiger partial charge in [0.25, 0.3) is 5.91 Å². The summed E-state index contributed by atoms with van der Waals surface area (Å²) in [6, 6.07) is 5.94. The monoisotopic (exact) mass is 620 g/mol. The van der Waals surface area contributed by atoms with Crippen molar-refractivity contribution in [3.8, 4) is 11.5 Å². The van der Waals surface area contributed by atoms with Crippen LogP contribution in [0.1, 0.15) is 43.4 Å². The molecule has 1 amide bonds. The van der Waals surface area contributed by atoms with E-state index < -0.39 is 30.8 Å². The van der Waals surface area contributed by atoms with Gasteiger partial charge in [-0.25, -0.2) is 4.39 Å². The van der Waals surface area contributed by atoms with Crippen LogP contribution in [-0.2, 0) is 23.4 Å². The van der Waals surface area contributed by atoms with Gasteiger partial charge in [-0.2, -0.15) is 23.3 Å². The molecule has 4 aromatic rings. The van der Waals surface area contributed by atoms with E-state index in [9.17, 15) is 18.0 Å². The molecule has 15 heteroatoms. The maximum absolute atomic E-state index is 15.1. The first-order valence-corrected chi connectivity index (χ1v) is 14.3. The first-order chi connectivity index (χ1) is 20.8. The van der Waals surface area contributed by atoms with E-state index in [-0.39, 0.29) is 41.6 Å². The molecule has 1 aromatic carbocycles. The fourth-order valence-corrected chi connectivity index (χ4v) is 5.19. The first kappa shape index (κ1) is 31.4. The third kappa shape index (κ3) is 7.21. The SMILES string of the molecule is COCCN1CC[C@@H](Nc2cccc3c2cc(-c2noc(CNC(=O)c4cnn(C(C)(C)C)c4)n2)n3CC(F)(F)F)[C@@H](F)C1. The topological polar surface area (TPSA) is 115 Å². The highest BCUT2D eigenvalue weighted by Gasteiger charge is 2.33. The predicted octanol–water partition coefficient (Wildman–Crippen LogP) is 4.61. The molecule has 11 nitrogen and oxygen atoms in total. The van der Waals surface area contributed by atoms with Crippen molar-refractivity contribution in [3.05, 3.63) is 48.1 Å². The molecule has 0 unspecified atom stereocenters. The molecule has 44 heavy (non-hydrogen) atoms. The van der Waals surface area contributed by atoms with Crippen LogP contribution in [0.25, 0.3) is 22.4 Å². The highest BCUT2D eigenvalue weighted by Crippen LogP contribution is 2.35. The van der Waals surface area contributed by atoms with E-state index in [1.807, 2.05) is 25.7 Å². The number of alkyl halides is 4. The van der Waals surface area contributed by atoms with Gasteiger partial charge in [0.1, 0.15) is 12.7 Å². The van der Waals surface area contributed by atoms with Crippen LogP contribution >= 0.6 is 0 Å². The fraction of sp³-hybridized carbons (Fsp3) is 0.517. The second-order valence-electron chi connectivity index (χ2n) is 11.9. The lowest BCUT2D eigenvalue weighted by Crippen LogP contribution is -2.48. The number of likely N-dealkylation sites (tertiary alicyclic amines) is 1. The number of hydrogen-bond donors (Lipinski definition) is 2. The van der Waals surface area contributed by atoms with Gasteiger partial charge in [0.15, 0.2) is 0 Å². The molecule has 0 aliphatic carbocycles. The Hall–Kier alpha value is -3.98. The molecule has 0 radical (unpaired) electrons. The van der Waals surface area contributed by atoms with Gasteiger partial charge in [0.05, 0.1) is 47.7 Å². The molecule has 4 heterocycles. The summed E-state index contributed by atoms with van der Waals surface area (Å²) >= 11 is 0. The summed E-state index contributed by atoms with van der Waals surface area (Å²) in [6.45, 7) is 6.45. The van der Waals surface area contributed by atoms with E-state index >= 15 is 4.39 Å². The van der Waals surface area contributed by atoms with E-state index in [4.69, 9.17) is 9.26 Å². The number of halogens is 4. The molecule has 1 aliphatic rings. The van der Waals surface area contributed by atoms with Crippen LogP contribution in [0.3, 0.4) is 0 Å². The average Bonchev–Trinajstić information content (AvgIpc) is 3.71. The van der Waals surface area contributed by atoms with Gasteiger partial charge in [0.2, 0.25) is 11.7 Å². The quantitative estimate of drug-likeness (QED) is 0.247. The number of hydrogen-bond acceptors (Lipinski definition) is 8. The Morgan fingerprint density at radius 3 is 2.70 bits per heavy atom. The third-order valence-corrected chi connectivity index (χ3v) is 7.49. The average molecular weight is 621 g/mol. The molecule has 5 rings (SSSR count). The number of anilines is 1. The maximum Gasteiger partial charge on any atom is 0.406 e. The van der Waals surface area contributed by atoms with Crippen molar-refractivity contribution in [2.45, 2.75) is 64.2 Å². The maximum atomic E-state index is 15.1. The number of methoxy groups -OCH3 is 1. The molecule has 238 valence electrons. The second kappa shape index (κ2) is 12.6. The van der Waals surface area contributed by atoms with Crippen molar-refractivity contribution in [2.24, 2.45) is 0 Å². The summed E-state index contributed by atoms with van der Waals surface area (Å²) in [7, 11) is 1.60. The molecular weight excluding hydrogens is 584 g/mol. The highest BCUT2D eigenvalue weighted by atomic mass is 19.4. The summed E-state index contributed by atoms with van der Waals surface area (Å²) in [5.41, 5.74) is 0.895. The van der Waals surface area contributed by atoms with E-state index in [0.29, 0.717) is 42.8 Å². The van der Waals surface area contributed by atoms with Gasteiger partial charge < -0.3 is 24.5 Å². The van der Waals surface area contributed by atoms with Gasteiger partial charge in [-0.05, 0) is 45.4 Å². The zero-order valence-corrected chi connectivity index (χ0v) is 25.0. The van der Waals surface area contributed by atoms with Crippen molar-refractivity contribution < 1.29 is 31.6 Å². The molecule has 0 saturated carbocycles. The molecular formula is C29H36F4N8O3. The lowest BCUT2D eigenvalue weighted by Gasteiger charge is -2.35. The number of carbonyl (C=O) groups is 1. The lowest BCUT2D eigenvalue weighted by atomic mass is 10.0. The Bertz CT molecular complexity index is 1590. The molecule has 3 aromatic heterocycles. The summed E-state index contributed by atoms with van der Waals surface area (Å²) < 4.78 is 69.4. The number of piperidine rings is 1.